The number of carboxylic acid groups (broad SMARTS) is 1. The highest BCUT2D eigenvalue weighted by Gasteiger charge is 2.09. The normalized spacial score (nSPS) is 10.8. The molecule has 0 saturated heterocycles. The van der Waals surface area contributed by atoms with Crippen LogP contribution in [0.4, 0.5) is 0 Å². The first-order valence-electron chi connectivity index (χ1n) is 8.58. The van der Waals surface area contributed by atoms with Crippen LogP contribution in [0.1, 0.15) is 41.3 Å². The van der Waals surface area contributed by atoms with Gasteiger partial charge in [-0.1, -0.05) is 37.6 Å². The van der Waals surface area contributed by atoms with Gasteiger partial charge in [0.2, 0.25) is 0 Å². The molecule has 4 heteroatoms. The van der Waals surface area contributed by atoms with Crippen molar-refractivity contribution in [2.45, 2.75) is 33.1 Å². The van der Waals surface area contributed by atoms with Crippen LogP contribution in [0.3, 0.4) is 0 Å². The predicted octanol–water partition coefficient (Wildman–Crippen LogP) is 4.89. The number of hydrogen-bond donors (Lipinski definition) is 1. The van der Waals surface area contributed by atoms with Crippen molar-refractivity contribution in [3.63, 3.8) is 0 Å². The van der Waals surface area contributed by atoms with Crippen molar-refractivity contribution >= 4 is 5.97 Å². The number of carboxylic acids is 1. The lowest BCUT2D eigenvalue weighted by molar-refractivity contribution is 0.0696. The Labute approximate surface area is 147 Å². The summed E-state index contributed by atoms with van der Waals surface area (Å²) >= 11 is 0. The molecule has 0 atom stereocenters. The Balaban J connectivity index is 1.82. The molecule has 0 saturated carbocycles. The van der Waals surface area contributed by atoms with Crippen molar-refractivity contribution in [3.8, 4) is 16.9 Å². The molecule has 0 amide bonds. The summed E-state index contributed by atoms with van der Waals surface area (Å²) in [4.78, 5) is 11.1. The maximum atomic E-state index is 11.1. The Morgan fingerprint density at radius 1 is 1.12 bits per heavy atom. The standard InChI is InChI=1S/C21H22N2O2/c1-3-4-5-16-6-8-17(9-7-16)20-12-13-23(22-20)18-10-11-19(21(24)25)15(2)14-18/h6-14H,3-5H2,1-2H3,(H,24,25). The summed E-state index contributed by atoms with van der Waals surface area (Å²) in [7, 11) is 0. The SMILES string of the molecule is CCCCc1ccc(-c2ccn(-c3ccc(C(=O)O)c(C)c3)n2)cc1. The average molecular weight is 334 g/mol. The first-order chi connectivity index (χ1) is 12.1. The molecule has 0 bridgehead atoms. The molecule has 0 aliphatic carbocycles. The number of nitrogens with zero attached hydrogens (tertiary/aromatic N) is 2. The van der Waals surface area contributed by atoms with E-state index < -0.39 is 5.97 Å². The first-order valence-corrected chi connectivity index (χ1v) is 8.58. The Hall–Kier alpha value is -2.88. The number of benzene rings is 2. The van der Waals surface area contributed by atoms with Gasteiger partial charge in [0.05, 0.1) is 16.9 Å². The van der Waals surface area contributed by atoms with E-state index in [0.717, 1.165) is 28.9 Å². The summed E-state index contributed by atoms with van der Waals surface area (Å²) in [6.45, 7) is 4.00. The zero-order chi connectivity index (χ0) is 17.8. The fraction of sp³-hybridized carbons (Fsp3) is 0.238. The molecule has 0 radical (unpaired) electrons. The van der Waals surface area contributed by atoms with Crippen LogP contribution in [0.2, 0.25) is 0 Å². The monoisotopic (exact) mass is 334 g/mol. The number of rotatable bonds is 6. The van der Waals surface area contributed by atoms with Crippen LogP contribution in [0, 0.1) is 6.92 Å². The Morgan fingerprint density at radius 2 is 1.88 bits per heavy atom. The number of hydrogen-bond acceptors (Lipinski definition) is 2. The van der Waals surface area contributed by atoms with Crippen LogP contribution in [0.5, 0.6) is 0 Å². The van der Waals surface area contributed by atoms with E-state index in [1.807, 2.05) is 18.3 Å². The number of aromatic nitrogens is 2. The minimum absolute atomic E-state index is 0.318. The second-order valence-corrected chi connectivity index (χ2v) is 6.25. The van der Waals surface area contributed by atoms with E-state index in [4.69, 9.17) is 5.11 Å². The molecular formula is C21H22N2O2. The van der Waals surface area contributed by atoms with Crippen LogP contribution in [0.25, 0.3) is 16.9 Å². The van der Waals surface area contributed by atoms with E-state index in [-0.39, 0.29) is 0 Å². The molecule has 1 heterocycles. The molecule has 3 aromatic rings. The zero-order valence-corrected chi connectivity index (χ0v) is 14.6. The molecule has 0 aliphatic rings. The predicted molar refractivity (Wildman–Crippen MR) is 99.3 cm³/mol. The van der Waals surface area contributed by atoms with Gasteiger partial charge in [0.15, 0.2) is 0 Å². The third-order valence-corrected chi connectivity index (χ3v) is 4.36. The Morgan fingerprint density at radius 3 is 2.52 bits per heavy atom. The summed E-state index contributed by atoms with van der Waals surface area (Å²) in [6.07, 6.45) is 5.42. The van der Waals surface area contributed by atoms with Gasteiger partial charge in [0.25, 0.3) is 0 Å². The van der Waals surface area contributed by atoms with Gasteiger partial charge >= 0.3 is 5.97 Å². The summed E-state index contributed by atoms with van der Waals surface area (Å²) in [5.41, 5.74) is 5.24. The van der Waals surface area contributed by atoms with Crippen molar-refractivity contribution in [2.75, 3.05) is 0 Å². The lowest BCUT2D eigenvalue weighted by atomic mass is 10.1. The lowest BCUT2D eigenvalue weighted by Crippen LogP contribution is -2.02. The second-order valence-electron chi connectivity index (χ2n) is 6.25. The third kappa shape index (κ3) is 3.79. The number of aryl methyl sites for hydroxylation is 2. The van der Waals surface area contributed by atoms with E-state index in [2.05, 4.69) is 36.3 Å². The van der Waals surface area contributed by atoms with Crippen LogP contribution in [-0.4, -0.2) is 20.9 Å². The summed E-state index contributed by atoms with van der Waals surface area (Å²) in [5, 5.41) is 13.8. The van der Waals surface area contributed by atoms with E-state index in [1.54, 1.807) is 23.7 Å². The number of aromatic carboxylic acids is 1. The molecule has 25 heavy (non-hydrogen) atoms. The second kappa shape index (κ2) is 7.34. The Kier molecular flexibility index (Phi) is 4.98. The maximum absolute atomic E-state index is 11.1. The van der Waals surface area contributed by atoms with Crippen LogP contribution in [0.15, 0.2) is 54.7 Å². The van der Waals surface area contributed by atoms with Crippen molar-refractivity contribution in [1.82, 2.24) is 9.78 Å². The van der Waals surface area contributed by atoms with Gasteiger partial charge < -0.3 is 5.11 Å². The molecule has 1 N–H and O–H groups in total. The zero-order valence-electron chi connectivity index (χ0n) is 14.6. The topological polar surface area (TPSA) is 55.1 Å². The molecule has 3 rings (SSSR count). The quantitative estimate of drug-likeness (QED) is 0.698. The highest BCUT2D eigenvalue weighted by molar-refractivity contribution is 5.89. The third-order valence-electron chi connectivity index (χ3n) is 4.36. The van der Waals surface area contributed by atoms with Crippen LogP contribution < -0.4 is 0 Å². The molecule has 128 valence electrons. The van der Waals surface area contributed by atoms with Crippen molar-refractivity contribution in [2.24, 2.45) is 0 Å². The van der Waals surface area contributed by atoms with Gasteiger partial charge in [-0.3, -0.25) is 0 Å². The van der Waals surface area contributed by atoms with E-state index >= 15 is 0 Å². The number of unbranched alkanes of at least 4 members (excludes halogenated alkanes) is 1. The largest absolute Gasteiger partial charge is 0.478 e. The van der Waals surface area contributed by atoms with E-state index in [1.165, 1.54) is 18.4 Å². The highest BCUT2D eigenvalue weighted by atomic mass is 16.4. The highest BCUT2D eigenvalue weighted by Crippen LogP contribution is 2.21. The fourth-order valence-corrected chi connectivity index (χ4v) is 2.88. The van der Waals surface area contributed by atoms with Gasteiger partial charge in [-0.2, -0.15) is 5.10 Å². The van der Waals surface area contributed by atoms with Gasteiger partial charge in [-0.05, 0) is 55.2 Å². The molecule has 4 nitrogen and oxygen atoms in total. The average Bonchev–Trinajstić information content (AvgIpc) is 3.10. The molecule has 2 aromatic carbocycles. The molecule has 1 aromatic heterocycles. The van der Waals surface area contributed by atoms with E-state index in [0.29, 0.717) is 5.56 Å². The molecule has 0 unspecified atom stereocenters. The molecule has 0 aliphatic heterocycles. The first kappa shape index (κ1) is 17.0. The molecule has 0 spiro atoms. The van der Waals surface area contributed by atoms with Gasteiger partial charge in [-0.15, -0.1) is 0 Å². The van der Waals surface area contributed by atoms with Gasteiger partial charge in [0.1, 0.15) is 0 Å². The van der Waals surface area contributed by atoms with Crippen molar-refractivity contribution < 1.29 is 9.90 Å². The smallest absolute Gasteiger partial charge is 0.335 e. The summed E-state index contributed by atoms with van der Waals surface area (Å²) < 4.78 is 1.78. The minimum Gasteiger partial charge on any atom is -0.478 e. The minimum atomic E-state index is -0.909. The lowest BCUT2D eigenvalue weighted by Gasteiger charge is -2.06. The van der Waals surface area contributed by atoms with E-state index in [9.17, 15) is 4.79 Å². The van der Waals surface area contributed by atoms with Crippen LogP contribution >= 0.6 is 0 Å². The Bertz CT molecular complexity index is 879. The maximum Gasteiger partial charge on any atom is 0.335 e. The van der Waals surface area contributed by atoms with Crippen molar-refractivity contribution in [3.05, 3.63) is 71.4 Å². The summed E-state index contributed by atoms with van der Waals surface area (Å²) in [6, 6.07) is 15.8. The van der Waals surface area contributed by atoms with Crippen LogP contribution in [-0.2, 0) is 6.42 Å². The summed E-state index contributed by atoms with van der Waals surface area (Å²) in [5.74, 6) is -0.909. The van der Waals surface area contributed by atoms with Gasteiger partial charge in [-0.25, -0.2) is 9.48 Å². The number of carbonyl (C=O) groups is 1. The molecular weight excluding hydrogens is 312 g/mol. The van der Waals surface area contributed by atoms with Gasteiger partial charge in [0, 0.05) is 11.8 Å². The fourth-order valence-electron chi connectivity index (χ4n) is 2.88. The van der Waals surface area contributed by atoms with Crippen molar-refractivity contribution in [1.29, 1.82) is 0 Å². The molecule has 0 fully saturated rings.